The van der Waals surface area contributed by atoms with Crippen molar-refractivity contribution in [3.05, 3.63) is 101 Å². The topological polar surface area (TPSA) is 43.9 Å². The van der Waals surface area contributed by atoms with Gasteiger partial charge in [0, 0.05) is 31.9 Å². The predicted molar refractivity (Wildman–Crippen MR) is 137 cm³/mol. The Morgan fingerprint density at radius 1 is 0.618 bits per heavy atom. The minimum Gasteiger partial charge on any atom is -0.368 e. The van der Waals surface area contributed by atoms with Crippen LogP contribution < -0.4 is 9.80 Å². The minimum absolute atomic E-state index is 0.237. The lowest BCUT2D eigenvalue weighted by molar-refractivity contribution is -0.120. The number of nitrogens with zero attached hydrogens (tertiary/aromatic N) is 3. The molecule has 0 N–H and O–H groups in total. The lowest BCUT2D eigenvalue weighted by atomic mass is 9.97. The number of carbonyl (C=O) groups is 2. The second-order valence-corrected chi connectivity index (χ2v) is 9.14. The molecule has 2 amide bonds. The van der Waals surface area contributed by atoms with E-state index in [9.17, 15) is 9.59 Å². The highest BCUT2D eigenvalue weighted by Gasteiger charge is 2.43. The quantitative estimate of drug-likeness (QED) is 0.539. The number of aryl methyl sites for hydroxylation is 3. The van der Waals surface area contributed by atoms with Gasteiger partial charge < -0.3 is 9.80 Å². The molecular weight excluding hydrogens is 422 g/mol. The summed E-state index contributed by atoms with van der Waals surface area (Å²) >= 11 is 0. The molecule has 0 radical (unpaired) electrons. The lowest BCUT2D eigenvalue weighted by Crippen LogP contribution is -2.47. The molecule has 2 aliphatic heterocycles. The number of hydrogen-bond acceptors (Lipinski definition) is 4. The zero-order chi connectivity index (χ0) is 23.8. The number of hydrogen-bond donors (Lipinski definition) is 0. The molecule has 1 fully saturated rings. The molecule has 0 unspecified atom stereocenters. The van der Waals surface area contributed by atoms with Crippen LogP contribution in [0.1, 0.15) is 22.3 Å². The molecule has 0 atom stereocenters. The molecular formula is C29H29N3O2. The minimum atomic E-state index is -0.247. The molecule has 0 bridgehead atoms. The third-order valence-corrected chi connectivity index (χ3v) is 6.69. The van der Waals surface area contributed by atoms with Crippen molar-refractivity contribution in [2.75, 3.05) is 36.0 Å². The van der Waals surface area contributed by atoms with Gasteiger partial charge in [0.05, 0.1) is 11.3 Å². The smallest absolute Gasteiger partial charge is 0.282 e. The highest BCUT2D eigenvalue weighted by atomic mass is 16.2. The van der Waals surface area contributed by atoms with E-state index in [1.165, 1.54) is 10.6 Å². The predicted octanol–water partition coefficient (Wildman–Crippen LogP) is 4.72. The monoisotopic (exact) mass is 451 g/mol. The van der Waals surface area contributed by atoms with Gasteiger partial charge in [0.15, 0.2) is 0 Å². The zero-order valence-corrected chi connectivity index (χ0v) is 19.9. The molecule has 1 saturated heterocycles. The van der Waals surface area contributed by atoms with E-state index in [2.05, 4.69) is 28.0 Å². The maximum atomic E-state index is 13.8. The summed E-state index contributed by atoms with van der Waals surface area (Å²) in [5, 5.41) is 0. The van der Waals surface area contributed by atoms with E-state index >= 15 is 0 Å². The van der Waals surface area contributed by atoms with Crippen LogP contribution in [0, 0.1) is 20.8 Å². The van der Waals surface area contributed by atoms with Crippen LogP contribution in [0.15, 0.2) is 78.5 Å². The first-order valence-corrected chi connectivity index (χ1v) is 11.8. The van der Waals surface area contributed by atoms with Crippen LogP contribution in [0.4, 0.5) is 11.4 Å². The summed E-state index contributed by atoms with van der Waals surface area (Å²) < 4.78 is 0. The Hall–Kier alpha value is -3.86. The summed E-state index contributed by atoms with van der Waals surface area (Å²) in [6, 6.07) is 24.0. The van der Waals surface area contributed by atoms with Crippen LogP contribution in [0.2, 0.25) is 0 Å². The standard InChI is InChI=1S/C29H29N3O2/c1-20-8-7-11-24(19-20)32-28(33)26(25-13-12-21(2)18-22(25)3)27(29(32)34)31-16-14-30(15-17-31)23-9-5-4-6-10-23/h4-13,18-19H,14-17H2,1-3H3. The van der Waals surface area contributed by atoms with Gasteiger partial charge in [0.2, 0.25) is 0 Å². The van der Waals surface area contributed by atoms with Crippen LogP contribution in [0.5, 0.6) is 0 Å². The molecule has 0 saturated carbocycles. The fraction of sp³-hybridized carbons (Fsp3) is 0.241. The summed E-state index contributed by atoms with van der Waals surface area (Å²) in [6.45, 7) is 8.96. The highest BCUT2D eigenvalue weighted by Crippen LogP contribution is 2.37. The van der Waals surface area contributed by atoms with Crippen LogP contribution in [-0.4, -0.2) is 42.9 Å². The van der Waals surface area contributed by atoms with E-state index in [-0.39, 0.29) is 11.8 Å². The fourth-order valence-electron chi connectivity index (χ4n) is 4.98. The maximum absolute atomic E-state index is 13.8. The Morgan fingerprint density at radius 2 is 1.26 bits per heavy atom. The van der Waals surface area contributed by atoms with Crippen LogP contribution in [-0.2, 0) is 9.59 Å². The molecule has 0 spiro atoms. The van der Waals surface area contributed by atoms with Crippen molar-refractivity contribution in [1.29, 1.82) is 0 Å². The summed E-state index contributed by atoms with van der Waals surface area (Å²) in [4.78, 5) is 33.4. The summed E-state index contributed by atoms with van der Waals surface area (Å²) in [5.74, 6) is -0.484. The van der Waals surface area contributed by atoms with Gasteiger partial charge in [-0.3, -0.25) is 9.59 Å². The number of imide groups is 1. The summed E-state index contributed by atoms with van der Waals surface area (Å²) in [6.07, 6.45) is 0. The third-order valence-electron chi connectivity index (χ3n) is 6.69. The van der Waals surface area contributed by atoms with E-state index in [4.69, 9.17) is 0 Å². The number of piperazine rings is 1. The molecule has 5 nitrogen and oxygen atoms in total. The Morgan fingerprint density at radius 3 is 1.94 bits per heavy atom. The molecule has 2 aliphatic rings. The zero-order valence-electron chi connectivity index (χ0n) is 19.9. The molecule has 3 aromatic rings. The molecule has 5 heteroatoms. The van der Waals surface area contributed by atoms with E-state index in [0.29, 0.717) is 30.0 Å². The van der Waals surface area contributed by atoms with Gasteiger partial charge in [-0.15, -0.1) is 0 Å². The molecule has 0 aliphatic carbocycles. The molecule has 5 rings (SSSR count). The SMILES string of the molecule is Cc1cccc(N2C(=O)C(c3ccc(C)cc3C)=C(N3CCN(c4ccccc4)CC3)C2=O)c1. The van der Waals surface area contributed by atoms with Crippen molar-refractivity contribution in [2.24, 2.45) is 0 Å². The average molecular weight is 452 g/mol. The maximum Gasteiger partial charge on any atom is 0.282 e. The number of amides is 2. The van der Waals surface area contributed by atoms with Crippen molar-refractivity contribution in [1.82, 2.24) is 4.90 Å². The van der Waals surface area contributed by atoms with Crippen molar-refractivity contribution in [3.8, 4) is 0 Å². The van der Waals surface area contributed by atoms with Crippen molar-refractivity contribution in [3.63, 3.8) is 0 Å². The van der Waals surface area contributed by atoms with Crippen LogP contribution >= 0.6 is 0 Å². The summed E-state index contributed by atoms with van der Waals surface area (Å²) in [7, 11) is 0. The van der Waals surface area contributed by atoms with Gasteiger partial charge in [0.1, 0.15) is 5.70 Å². The Labute approximate surface area is 200 Å². The first-order valence-electron chi connectivity index (χ1n) is 11.8. The Kier molecular flexibility index (Phi) is 5.70. The second-order valence-electron chi connectivity index (χ2n) is 9.14. The highest BCUT2D eigenvalue weighted by molar-refractivity contribution is 6.45. The molecule has 3 aromatic carbocycles. The number of rotatable bonds is 4. The molecule has 34 heavy (non-hydrogen) atoms. The number of para-hydroxylation sites is 1. The van der Waals surface area contributed by atoms with Crippen molar-refractivity contribution < 1.29 is 9.59 Å². The Bertz CT molecular complexity index is 1290. The van der Waals surface area contributed by atoms with Gasteiger partial charge in [-0.25, -0.2) is 4.90 Å². The van der Waals surface area contributed by atoms with Crippen molar-refractivity contribution in [2.45, 2.75) is 20.8 Å². The molecule has 172 valence electrons. The normalized spacial score (nSPS) is 16.6. The van der Waals surface area contributed by atoms with E-state index in [0.717, 1.165) is 35.3 Å². The van der Waals surface area contributed by atoms with E-state index in [1.54, 1.807) is 0 Å². The van der Waals surface area contributed by atoms with Gasteiger partial charge in [-0.05, 0) is 61.7 Å². The van der Waals surface area contributed by atoms with Gasteiger partial charge in [0.25, 0.3) is 11.8 Å². The second kappa shape index (κ2) is 8.82. The van der Waals surface area contributed by atoms with E-state index in [1.807, 2.05) is 75.4 Å². The fourth-order valence-corrected chi connectivity index (χ4v) is 4.98. The lowest BCUT2D eigenvalue weighted by Gasteiger charge is -2.37. The van der Waals surface area contributed by atoms with Crippen LogP contribution in [0.3, 0.4) is 0 Å². The number of carbonyl (C=O) groups excluding carboxylic acids is 2. The van der Waals surface area contributed by atoms with Gasteiger partial charge in [-0.2, -0.15) is 0 Å². The Balaban J connectivity index is 1.54. The van der Waals surface area contributed by atoms with Crippen LogP contribution in [0.25, 0.3) is 5.57 Å². The first-order chi connectivity index (χ1) is 16.4. The van der Waals surface area contributed by atoms with E-state index < -0.39 is 0 Å². The first kappa shape index (κ1) is 22.0. The average Bonchev–Trinajstić information content (AvgIpc) is 3.09. The largest absolute Gasteiger partial charge is 0.368 e. The van der Waals surface area contributed by atoms with Gasteiger partial charge in [-0.1, -0.05) is 54.1 Å². The summed E-state index contributed by atoms with van der Waals surface area (Å²) in [5.41, 5.74) is 6.81. The molecule has 2 heterocycles. The molecule has 0 aromatic heterocycles. The van der Waals surface area contributed by atoms with Gasteiger partial charge >= 0.3 is 0 Å². The third kappa shape index (κ3) is 3.87. The number of anilines is 2. The van der Waals surface area contributed by atoms with Crippen molar-refractivity contribution >= 4 is 28.8 Å². The number of benzene rings is 3.